The summed E-state index contributed by atoms with van der Waals surface area (Å²) in [4.78, 5) is 32.9. The van der Waals surface area contributed by atoms with Gasteiger partial charge < -0.3 is 18.9 Å². The number of aromatic nitrogens is 1. The lowest BCUT2D eigenvalue weighted by Crippen LogP contribution is -2.40. The Morgan fingerprint density at radius 3 is 2.23 bits per heavy atom. The van der Waals surface area contributed by atoms with Gasteiger partial charge in [0.1, 0.15) is 24.7 Å². The van der Waals surface area contributed by atoms with E-state index < -0.39 is 12.0 Å². The molecule has 2 heterocycles. The fourth-order valence-electron chi connectivity index (χ4n) is 5.36. The molecule has 1 aliphatic rings. The molecule has 1 atom stereocenters. The van der Waals surface area contributed by atoms with Crippen molar-refractivity contribution in [1.82, 2.24) is 4.57 Å². The summed E-state index contributed by atoms with van der Waals surface area (Å²) in [5, 5.41) is 0. The highest BCUT2D eigenvalue weighted by molar-refractivity contribution is 7.07. The van der Waals surface area contributed by atoms with Gasteiger partial charge in [-0.3, -0.25) is 9.36 Å². The summed E-state index contributed by atoms with van der Waals surface area (Å²) in [5.41, 5.74) is 3.15. The summed E-state index contributed by atoms with van der Waals surface area (Å²) in [7, 11) is 0. The normalized spacial score (nSPS) is 14.3. The third-order valence-corrected chi connectivity index (χ3v) is 8.55. The molecule has 0 spiro atoms. The Hall–Kier alpha value is -5.41. The lowest BCUT2D eigenvalue weighted by Gasteiger charge is -2.24. The lowest BCUT2D eigenvalue weighted by molar-refractivity contribution is -0.130. The average Bonchev–Trinajstić information content (AvgIpc) is 3.38. The molecule has 9 heteroatoms. The van der Waals surface area contributed by atoms with Crippen molar-refractivity contribution in [3.05, 3.63) is 151 Å². The van der Waals surface area contributed by atoms with E-state index in [1.165, 1.54) is 11.3 Å². The first kappa shape index (κ1) is 31.6. The van der Waals surface area contributed by atoms with Gasteiger partial charge in [-0.15, -0.1) is 0 Å². The van der Waals surface area contributed by atoms with Gasteiger partial charge in [-0.1, -0.05) is 84.1 Å². The monoisotopic (exact) mass is 646 g/mol. The number of fused-ring (bicyclic) bond motifs is 1. The molecule has 238 valence electrons. The van der Waals surface area contributed by atoms with Gasteiger partial charge in [-0.25, -0.2) is 9.79 Å². The van der Waals surface area contributed by atoms with Crippen LogP contribution in [0.25, 0.3) is 6.08 Å². The Morgan fingerprint density at radius 2 is 1.51 bits per heavy atom. The molecule has 0 N–H and O–H groups in total. The molecule has 0 aliphatic carbocycles. The highest BCUT2D eigenvalue weighted by atomic mass is 32.1. The molecule has 0 bridgehead atoms. The van der Waals surface area contributed by atoms with Gasteiger partial charge >= 0.3 is 5.97 Å². The van der Waals surface area contributed by atoms with Crippen molar-refractivity contribution in [2.75, 3.05) is 19.8 Å². The maximum atomic E-state index is 14.1. The third kappa shape index (κ3) is 7.05. The van der Waals surface area contributed by atoms with Crippen molar-refractivity contribution in [1.29, 1.82) is 0 Å². The first-order chi connectivity index (χ1) is 22.9. The molecular weight excluding hydrogens is 612 g/mol. The summed E-state index contributed by atoms with van der Waals surface area (Å²) in [5.74, 6) is 1.83. The minimum absolute atomic E-state index is 0.258. The fourth-order valence-corrected chi connectivity index (χ4v) is 6.41. The number of allylic oxidation sites excluding steroid dienone is 1. The topological polar surface area (TPSA) is 88.4 Å². The third-order valence-electron chi connectivity index (χ3n) is 7.57. The summed E-state index contributed by atoms with van der Waals surface area (Å²) >= 11 is 1.27. The van der Waals surface area contributed by atoms with E-state index in [0.29, 0.717) is 57.7 Å². The van der Waals surface area contributed by atoms with Crippen LogP contribution in [0.15, 0.2) is 124 Å². The largest absolute Gasteiger partial charge is 0.490 e. The second-order valence-electron chi connectivity index (χ2n) is 10.8. The lowest BCUT2D eigenvalue weighted by atomic mass is 9.96. The zero-order valence-corrected chi connectivity index (χ0v) is 27.2. The van der Waals surface area contributed by atoms with Gasteiger partial charge in [0.25, 0.3) is 5.56 Å². The van der Waals surface area contributed by atoms with Crippen LogP contribution in [-0.4, -0.2) is 30.4 Å². The van der Waals surface area contributed by atoms with Gasteiger partial charge in [-0.05, 0) is 73.9 Å². The van der Waals surface area contributed by atoms with Crippen molar-refractivity contribution in [2.45, 2.75) is 26.8 Å². The Kier molecular flexibility index (Phi) is 9.64. The molecule has 1 aromatic heterocycles. The van der Waals surface area contributed by atoms with Crippen LogP contribution in [0.3, 0.4) is 0 Å². The molecule has 0 unspecified atom stereocenters. The van der Waals surface area contributed by atoms with Crippen LogP contribution in [0.1, 0.15) is 36.6 Å². The Bertz CT molecular complexity index is 2100. The van der Waals surface area contributed by atoms with Crippen molar-refractivity contribution in [2.24, 2.45) is 4.99 Å². The predicted molar refractivity (Wildman–Crippen MR) is 182 cm³/mol. The SMILES string of the molecule is CCOc1cc(/C=c2\sc3n(c2=O)[C@@H](c2ccccc2)C(C(=O)Oc2ccccc2)=C(C)N=3)ccc1OCCOc1ccccc1C. The Balaban J connectivity index is 1.30. The minimum Gasteiger partial charge on any atom is -0.490 e. The number of esters is 1. The number of thiazole rings is 1. The summed E-state index contributed by atoms with van der Waals surface area (Å²) in [6.07, 6.45) is 1.81. The second-order valence-corrected chi connectivity index (χ2v) is 11.8. The first-order valence-electron chi connectivity index (χ1n) is 15.4. The molecule has 1 aliphatic heterocycles. The van der Waals surface area contributed by atoms with Crippen LogP contribution in [0.2, 0.25) is 0 Å². The predicted octanol–water partition coefficient (Wildman–Crippen LogP) is 6.01. The number of benzene rings is 4. The minimum atomic E-state index is -0.706. The Morgan fingerprint density at radius 1 is 0.830 bits per heavy atom. The van der Waals surface area contributed by atoms with Gasteiger partial charge in [0.05, 0.1) is 28.5 Å². The van der Waals surface area contributed by atoms with Crippen molar-refractivity contribution < 1.29 is 23.7 Å². The first-order valence-corrected chi connectivity index (χ1v) is 16.2. The summed E-state index contributed by atoms with van der Waals surface area (Å²) < 4.78 is 25.6. The van der Waals surface area contributed by atoms with E-state index in [4.69, 9.17) is 23.9 Å². The van der Waals surface area contributed by atoms with E-state index in [-0.39, 0.29) is 5.56 Å². The summed E-state index contributed by atoms with van der Waals surface area (Å²) in [6.45, 7) is 6.83. The van der Waals surface area contributed by atoms with Crippen LogP contribution in [0.5, 0.6) is 23.0 Å². The molecule has 0 saturated heterocycles. The van der Waals surface area contributed by atoms with Crippen LogP contribution < -0.4 is 33.8 Å². The van der Waals surface area contributed by atoms with Crippen LogP contribution in [0.4, 0.5) is 0 Å². The van der Waals surface area contributed by atoms with E-state index in [1.54, 1.807) is 41.8 Å². The van der Waals surface area contributed by atoms with Gasteiger partial charge in [0.2, 0.25) is 0 Å². The fraction of sp³-hybridized carbons (Fsp3) is 0.184. The highest BCUT2D eigenvalue weighted by Gasteiger charge is 2.33. The van der Waals surface area contributed by atoms with E-state index in [0.717, 1.165) is 22.4 Å². The molecule has 0 radical (unpaired) electrons. The summed E-state index contributed by atoms with van der Waals surface area (Å²) in [6, 6.07) is 31.0. The molecule has 0 fully saturated rings. The van der Waals surface area contributed by atoms with Crippen LogP contribution in [-0.2, 0) is 4.79 Å². The van der Waals surface area contributed by atoms with Crippen molar-refractivity contribution >= 4 is 23.4 Å². The van der Waals surface area contributed by atoms with Gasteiger partial charge in [-0.2, -0.15) is 0 Å². The Labute approximate surface area is 276 Å². The molecule has 0 saturated carbocycles. The number of hydrogen-bond acceptors (Lipinski definition) is 8. The average molecular weight is 647 g/mol. The smallest absolute Gasteiger partial charge is 0.343 e. The number of carbonyl (C=O) groups is 1. The highest BCUT2D eigenvalue weighted by Crippen LogP contribution is 2.32. The van der Waals surface area contributed by atoms with E-state index in [1.807, 2.05) is 92.7 Å². The molecule has 0 amide bonds. The molecular formula is C38H34N2O6S. The quantitative estimate of drug-likeness (QED) is 0.0994. The zero-order valence-electron chi connectivity index (χ0n) is 26.3. The maximum Gasteiger partial charge on any atom is 0.343 e. The number of nitrogens with zero attached hydrogens (tertiary/aromatic N) is 2. The molecule has 4 aromatic carbocycles. The number of aryl methyl sites for hydroxylation is 1. The van der Waals surface area contributed by atoms with E-state index in [9.17, 15) is 9.59 Å². The molecule has 47 heavy (non-hydrogen) atoms. The van der Waals surface area contributed by atoms with Crippen LogP contribution in [0, 0.1) is 6.92 Å². The zero-order chi connectivity index (χ0) is 32.8. The standard InChI is InChI=1S/C38H34N2O6S/c1-4-43-32-23-27(19-20-31(32)45-22-21-44-30-18-12-11-13-25(30)2)24-33-36(41)40-35(28-14-7-5-8-15-28)34(26(3)39-38(40)47-33)37(42)46-29-16-9-6-10-17-29/h5-20,23-24,35H,4,21-22H2,1-3H3/b33-24-/t35-/m0/s1. The molecule has 5 aromatic rings. The van der Waals surface area contributed by atoms with Crippen molar-refractivity contribution in [3.63, 3.8) is 0 Å². The second kappa shape index (κ2) is 14.3. The van der Waals surface area contributed by atoms with Crippen LogP contribution >= 0.6 is 11.3 Å². The van der Waals surface area contributed by atoms with E-state index >= 15 is 0 Å². The number of para-hydroxylation sites is 2. The number of hydrogen-bond donors (Lipinski definition) is 0. The number of ether oxygens (including phenoxy) is 4. The van der Waals surface area contributed by atoms with Gasteiger partial charge in [0, 0.05) is 0 Å². The number of rotatable bonds is 11. The van der Waals surface area contributed by atoms with Gasteiger partial charge in [0.15, 0.2) is 16.3 Å². The number of carbonyl (C=O) groups excluding carboxylic acids is 1. The molecule has 8 nitrogen and oxygen atoms in total. The molecule has 6 rings (SSSR count). The van der Waals surface area contributed by atoms with E-state index in [2.05, 4.69) is 0 Å². The van der Waals surface area contributed by atoms with Crippen molar-refractivity contribution in [3.8, 4) is 23.0 Å². The maximum absolute atomic E-state index is 14.1.